The van der Waals surface area contributed by atoms with Gasteiger partial charge >= 0.3 is 0 Å². The summed E-state index contributed by atoms with van der Waals surface area (Å²) in [5.74, 6) is 0.893. The number of nitrogens with one attached hydrogen (secondary N) is 2. The zero-order chi connectivity index (χ0) is 22.0. The molecule has 0 bridgehead atoms. The van der Waals surface area contributed by atoms with Crippen LogP contribution >= 0.6 is 12.2 Å². The molecular formula is C22H22N6O2S. The Morgan fingerprint density at radius 1 is 1.16 bits per heavy atom. The molecule has 0 radical (unpaired) electrons. The molecule has 9 heteroatoms. The van der Waals surface area contributed by atoms with Gasteiger partial charge in [0.2, 0.25) is 5.91 Å². The fourth-order valence-electron chi connectivity index (χ4n) is 3.39. The van der Waals surface area contributed by atoms with Crippen molar-refractivity contribution >= 4 is 29.0 Å². The minimum Gasteiger partial charge on any atom is -0.334 e. The van der Waals surface area contributed by atoms with E-state index in [9.17, 15) is 9.59 Å². The van der Waals surface area contributed by atoms with Gasteiger partial charge in [0.25, 0.3) is 5.56 Å². The van der Waals surface area contributed by atoms with Crippen molar-refractivity contribution in [3.63, 3.8) is 0 Å². The van der Waals surface area contributed by atoms with Crippen LogP contribution in [-0.4, -0.2) is 42.1 Å². The molecule has 4 aromatic rings. The van der Waals surface area contributed by atoms with Gasteiger partial charge in [-0.15, -0.1) is 0 Å². The number of carbonyl (C=O) groups is 1. The Morgan fingerprint density at radius 2 is 1.90 bits per heavy atom. The predicted octanol–water partition coefficient (Wildman–Crippen LogP) is 3.20. The summed E-state index contributed by atoms with van der Waals surface area (Å²) in [4.78, 5) is 34.3. The molecular weight excluding hydrogens is 412 g/mol. The van der Waals surface area contributed by atoms with E-state index < -0.39 is 0 Å². The van der Waals surface area contributed by atoms with E-state index in [1.165, 1.54) is 0 Å². The lowest BCUT2D eigenvalue weighted by atomic mass is 10.1. The number of aryl methyl sites for hydroxylation is 1. The molecule has 31 heavy (non-hydrogen) atoms. The van der Waals surface area contributed by atoms with Crippen LogP contribution in [0.15, 0.2) is 53.3 Å². The van der Waals surface area contributed by atoms with Gasteiger partial charge in [0.05, 0.1) is 17.4 Å². The third-order valence-corrected chi connectivity index (χ3v) is 5.41. The summed E-state index contributed by atoms with van der Waals surface area (Å²) in [6, 6.07) is 15.0. The van der Waals surface area contributed by atoms with Crippen LogP contribution in [0.1, 0.15) is 18.3 Å². The van der Waals surface area contributed by atoms with Gasteiger partial charge in [-0.3, -0.25) is 19.3 Å². The number of aromatic nitrogens is 5. The number of benzene rings is 2. The Bertz CT molecular complexity index is 1350. The van der Waals surface area contributed by atoms with Crippen LogP contribution in [0.5, 0.6) is 0 Å². The number of hydrogen-bond donors (Lipinski definition) is 2. The summed E-state index contributed by atoms with van der Waals surface area (Å²) < 4.78 is 2.05. The number of amides is 1. The highest BCUT2D eigenvalue weighted by Crippen LogP contribution is 2.18. The second-order valence-corrected chi connectivity index (χ2v) is 7.63. The summed E-state index contributed by atoms with van der Waals surface area (Å²) in [5.41, 5.74) is 2.38. The van der Waals surface area contributed by atoms with E-state index >= 15 is 0 Å². The Morgan fingerprint density at radius 3 is 2.65 bits per heavy atom. The molecule has 0 fully saturated rings. The normalized spacial score (nSPS) is 11.0. The number of para-hydroxylation sites is 1. The molecule has 0 saturated heterocycles. The van der Waals surface area contributed by atoms with E-state index in [1.807, 2.05) is 44.2 Å². The third-order valence-electron chi connectivity index (χ3n) is 5.10. The fourth-order valence-corrected chi connectivity index (χ4v) is 3.59. The molecule has 0 saturated carbocycles. The highest BCUT2D eigenvalue weighted by molar-refractivity contribution is 7.71. The zero-order valence-electron chi connectivity index (χ0n) is 17.3. The number of nitrogens with zero attached hydrogens (tertiary/aromatic N) is 4. The smallest absolute Gasteiger partial charge is 0.258 e. The first-order valence-electron chi connectivity index (χ1n) is 9.94. The molecule has 0 aliphatic carbocycles. The quantitative estimate of drug-likeness (QED) is 0.454. The standard InChI is InChI=1S/C22H22N6O2S/c1-3-27(12-18-23-17-7-5-4-6-16(17)21(30)24-18)19(29)13-28-20(25-26-22(28)31)15-10-8-14(2)9-11-15/h4-11H,3,12-13H2,1-2H3,(H,26,31)(H,23,24,30). The topological polar surface area (TPSA) is 99.7 Å². The second-order valence-electron chi connectivity index (χ2n) is 7.24. The third kappa shape index (κ3) is 4.31. The maximum absolute atomic E-state index is 13.1. The van der Waals surface area contributed by atoms with E-state index in [0.29, 0.717) is 33.9 Å². The van der Waals surface area contributed by atoms with Crippen molar-refractivity contribution in [2.75, 3.05) is 6.54 Å². The largest absolute Gasteiger partial charge is 0.334 e. The summed E-state index contributed by atoms with van der Waals surface area (Å²) >= 11 is 5.35. The van der Waals surface area contributed by atoms with Gasteiger partial charge in [-0.25, -0.2) is 4.98 Å². The zero-order valence-corrected chi connectivity index (χ0v) is 18.1. The molecule has 1 amide bonds. The molecule has 2 N–H and O–H groups in total. The van der Waals surface area contributed by atoms with Crippen molar-refractivity contribution in [2.45, 2.75) is 26.9 Å². The van der Waals surface area contributed by atoms with Crippen LogP contribution in [0.4, 0.5) is 0 Å². The first-order valence-corrected chi connectivity index (χ1v) is 10.3. The van der Waals surface area contributed by atoms with E-state index in [1.54, 1.807) is 27.7 Å². The second kappa shape index (κ2) is 8.65. The minimum absolute atomic E-state index is 0.0319. The monoisotopic (exact) mass is 434 g/mol. The lowest BCUT2D eigenvalue weighted by molar-refractivity contribution is -0.132. The minimum atomic E-state index is -0.220. The van der Waals surface area contributed by atoms with Crippen molar-refractivity contribution in [1.29, 1.82) is 0 Å². The van der Waals surface area contributed by atoms with E-state index in [0.717, 1.165) is 11.1 Å². The lowest BCUT2D eigenvalue weighted by Gasteiger charge is -2.21. The maximum atomic E-state index is 13.1. The van der Waals surface area contributed by atoms with Crippen LogP contribution < -0.4 is 5.56 Å². The number of carbonyl (C=O) groups excluding carboxylic acids is 1. The summed E-state index contributed by atoms with van der Waals surface area (Å²) in [5, 5.41) is 7.60. The van der Waals surface area contributed by atoms with Gasteiger partial charge in [-0.05, 0) is 38.2 Å². The molecule has 0 aliphatic rings. The number of hydrogen-bond acceptors (Lipinski definition) is 5. The SMILES string of the molecule is CCN(Cc1nc2ccccc2c(=O)[nH]1)C(=O)Cn1c(-c2ccc(C)cc2)n[nH]c1=S. The predicted molar refractivity (Wildman–Crippen MR) is 121 cm³/mol. The van der Waals surface area contributed by atoms with E-state index in [4.69, 9.17) is 12.2 Å². The molecule has 158 valence electrons. The number of likely N-dealkylation sites (N-methyl/N-ethyl adjacent to an activating group) is 1. The van der Waals surface area contributed by atoms with Crippen LogP contribution in [0.2, 0.25) is 0 Å². The molecule has 2 heterocycles. The first-order chi connectivity index (χ1) is 15.0. The summed E-state index contributed by atoms with van der Waals surface area (Å²) in [7, 11) is 0. The van der Waals surface area contributed by atoms with Crippen molar-refractivity contribution in [3.8, 4) is 11.4 Å². The fraction of sp³-hybridized carbons (Fsp3) is 0.227. The Balaban J connectivity index is 1.58. The van der Waals surface area contributed by atoms with Crippen molar-refractivity contribution < 1.29 is 4.79 Å². The summed E-state index contributed by atoms with van der Waals surface area (Å²) in [6.07, 6.45) is 0. The molecule has 0 atom stereocenters. The average Bonchev–Trinajstić information content (AvgIpc) is 3.12. The molecule has 0 aliphatic heterocycles. The summed E-state index contributed by atoms with van der Waals surface area (Å²) in [6.45, 7) is 4.58. The lowest BCUT2D eigenvalue weighted by Crippen LogP contribution is -2.34. The molecule has 0 spiro atoms. The highest BCUT2D eigenvalue weighted by Gasteiger charge is 2.18. The molecule has 4 rings (SSSR count). The Kier molecular flexibility index (Phi) is 5.77. The van der Waals surface area contributed by atoms with Crippen molar-refractivity contribution in [3.05, 3.63) is 75.0 Å². The van der Waals surface area contributed by atoms with Gasteiger partial charge in [-0.2, -0.15) is 5.10 Å². The molecule has 0 unspecified atom stereocenters. The van der Waals surface area contributed by atoms with Crippen molar-refractivity contribution in [1.82, 2.24) is 29.6 Å². The molecule has 2 aromatic carbocycles. The highest BCUT2D eigenvalue weighted by atomic mass is 32.1. The van der Waals surface area contributed by atoms with Crippen LogP contribution in [0.25, 0.3) is 22.3 Å². The first kappa shape index (κ1) is 20.7. The van der Waals surface area contributed by atoms with Gasteiger partial charge in [0.1, 0.15) is 12.4 Å². The van der Waals surface area contributed by atoms with E-state index in [2.05, 4.69) is 20.2 Å². The number of rotatable bonds is 6. The van der Waals surface area contributed by atoms with Crippen LogP contribution in [-0.2, 0) is 17.9 Å². The van der Waals surface area contributed by atoms with Crippen LogP contribution in [0, 0.1) is 11.7 Å². The van der Waals surface area contributed by atoms with Gasteiger partial charge in [0.15, 0.2) is 10.6 Å². The number of fused-ring (bicyclic) bond motifs is 1. The molecule has 2 aromatic heterocycles. The van der Waals surface area contributed by atoms with Gasteiger partial charge in [-0.1, -0.05) is 42.0 Å². The molecule has 8 nitrogen and oxygen atoms in total. The average molecular weight is 435 g/mol. The number of aromatic amines is 2. The Labute approximate surface area is 183 Å². The Hall–Kier alpha value is -3.59. The van der Waals surface area contributed by atoms with Crippen LogP contribution in [0.3, 0.4) is 0 Å². The maximum Gasteiger partial charge on any atom is 0.258 e. The van der Waals surface area contributed by atoms with Gasteiger partial charge < -0.3 is 9.88 Å². The van der Waals surface area contributed by atoms with E-state index in [-0.39, 0.29) is 24.6 Å². The van der Waals surface area contributed by atoms with Crippen molar-refractivity contribution in [2.24, 2.45) is 0 Å². The van der Waals surface area contributed by atoms with Gasteiger partial charge in [0, 0.05) is 12.1 Å². The number of H-pyrrole nitrogens is 2.